The Balaban J connectivity index is 1.54. The Kier molecular flexibility index (Phi) is 10.8. The van der Waals surface area contributed by atoms with Gasteiger partial charge in [0.15, 0.2) is 0 Å². The molecule has 41 heavy (non-hydrogen) atoms. The zero-order valence-electron chi connectivity index (χ0n) is 25.4. The van der Waals surface area contributed by atoms with Crippen LogP contribution in [0.4, 0.5) is 0 Å². The van der Waals surface area contributed by atoms with E-state index in [1.807, 2.05) is 30.3 Å². The van der Waals surface area contributed by atoms with Crippen LogP contribution in [-0.4, -0.2) is 59.0 Å². The second-order valence-electron chi connectivity index (χ2n) is 12.3. The summed E-state index contributed by atoms with van der Waals surface area (Å²) in [5.74, 6) is -0.0904. The molecule has 4 rings (SSSR count). The summed E-state index contributed by atoms with van der Waals surface area (Å²) < 4.78 is 7.51. The van der Waals surface area contributed by atoms with Gasteiger partial charge in [0.25, 0.3) is 5.91 Å². The minimum Gasteiger partial charge on any atom is -0.385 e. The van der Waals surface area contributed by atoms with Gasteiger partial charge in [-0.15, -0.1) is 0 Å². The second-order valence-corrected chi connectivity index (χ2v) is 12.3. The van der Waals surface area contributed by atoms with Crippen LogP contribution in [0.15, 0.2) is 72.9 Å². The molecular formula is C35H47N3O3. The van der Waals surface area contributed by atoms with E-state index in [1.165, 1.54) is 17.5 Å². The molecule has 1 heterocycles. The van der Waals surface area contributed by atoms with E-state index in [9.17, 15) is 9.59 Å². The highest BCUT2D eigenvalue weighted by Gasteiger charge is 2.29. The molecule has 0 unspecified atom stereocenters. The summed E-state index contributed by atoms with van der Waals surface area (Å²) in [6.45, 7) is 8.88. The first-order chi connectivity index (χ1) is 19.8. The topological polar surface area (TPSA) is 54.8 Å². The van der Waals surface area contributed by atoms with E-state index >= 15 is 0 Å². The van der Waals surface area contributed by atoms with Crippen molar-refractivity contribution in [2.24, 2.45) is 0 Å². The fourth-order valence-corrected chi connectivity index (χ4v) is 5.72. The summed E-state index contributed by atoms with van der Waals surface area (Å²) in [5.41, 5.74) is 4.15. The van der Waals surface area contributed by atoms with Gasteiger partial charge in [0.1, 0.15) is 6.54 Å². The van der Waals surface area contributed by atoms with Gasteiger partial charge >= 0.3 is 0 Å². The first-order valence-corrected chi connectivity index (χ1v) is 15.1. The number of hydrogen-bond acceptors (Lipinski definition) is 3. The predicted molar refractivity (Wildman–Crippen MR) is 165 cm³/mol. The van der Waals surface area contributed by atoms with Crippen molar-refractivity contribution in [2.75, 3.05) is 26.8 Å². The third-order valence-electron chi connectivity index (χ3n) is 8.18. The summed E-state index contributed by atoms with van der Waals surface area (Å²) >= 11 is 0. The molecule has 6 nitrogen and oxygen atoms in total. The molecule has 0 atom stereocenters. The fourth-order valence-electron chi connectivity index (χ4n) is 5.72. The molecule has 2 aromatic carbocycles. The second kappa shape index (κ2) is 14.5. The Labute approximate surface area is 246 Å². The molecular weight excluding hydrogens is 510 g/mol. The highest BCUT2D eigenvalue weighted by Crippen LogP contribution is 2.26. The first kappa shape index (κ1) is 30.6. The van der Waals surface area contributed by atoms with Crippen LogP contribution in [0.3, 0.4) is 0 Å². The van der Waals surface area contributed by atoms with E-state index in [0.717, 1.165) is 37.9 Å². The average Bonchev–Trinajstić information content (AvgIpc) is 3.42. The maximum atomic E-state index is 14.1. The number of aromatic nitrogens is 1. The lowest BCUT2D eigenvalue weighted by Crippen LogP contribution is -2.48. The van der Waals surface area contributed by atoms with Gasteiger partial charge in [0.05, 0.1) is 6.54 Å². The average molecular weight is 558 g/mol. The van der Waals surface area contributed by atoms with E-state index < -0.39 is 0 Å². The lowest BCUT2D eigenvalue weighted by Gasteiger charge is -2.36. The highest BCUT2D eigenvalue weighted by atomic mass is 16.5. The number of benzene rings is 2. The van der Waals surface area contributed by atoms with Gasteiger partial charge in [-0.2, -0.15) is 0 Å². The molecule has 6 heteroatoms. The molecule has 1 aromatic heterocycles. The van der Waals surface area contributed by atoms with Crippen molar-refractivity contribution in [1.82, 2.24) is 14.4 Å². The van der Waals surface area contributed by atoms with Crippen molar-refractivity contribution in [3.63, 3.8) is 0 Å². The number of hydrogen-bond donors (Lipinski definition) is 0. The quantitative estimate of drug-likeness (QED) is 0.234. The smallest absolute Gasteiger partial charge is 0.254 e. The Morgan fingerprint density at radius 3 is 2.29 bits per heavy atom. The van der Waals surface area contributed by atoms with Gasteiger partial charge in [-0.05, 0) is 60.1 Å². The minimum atomic E-state index is -0.106. The summed E-state index contributed by atoms with van der Waals surface area (Å²) in [6, 6.07) is 22.6. The predicted octanol–water partition coefficient (Wildman–Crippen LogP) is 6.67. The number of methoxy groups -OCH3 is 1. The van der Waals surface area contributed by atoms with Crippen molar-refractivity contribution in [3.05, 3.63) is 95.3 Å². The van der Waals surface area contributed by atoms with Gasteiger partial charge < -0.3 is 19.1 Å². The molecule has 3 aromatic rings. The van der Waals surface area contributed by atoms with Gasteiger partial charge in [0, 0.05) is 50.3 Å². The highest BCUT2D eigenvalue weighted by molar-refractivity contribution is 5.96. The molecule has 1 saturated carbocycles. The zero-order chi connectivity index (χ0) is 29.2. The lowest BCUT2D eigenvalue weighted by molar-refractivity contribution is -0.135. The van der Waals surface area contributed by atoms with Gasteiger partial charge in [-0.25, -0.2) is 0 Å². The third kappa shape index (κ3) is 8.56. The maximum absolute atomic E-state index is 14.1. The van der Waals surface area contributed by atoms with Gasteiger partial charge in [0.2, 0.25) is 5.91 Å². The molecule has 1 aliphatic rings. The first-order valence-electron chi connectivity index (χ1n) is 15.1. The minimum absolute atomic E-state index is 0.00830. The number of amides is 2. The van der Waals surface area contributed by atoms with E-state index in [2.05, 4.69) is 72.8 Å². The van der Waals surface area contributed by atoms with Crippen LogP contribution in [0.5, 0.6) is 0 Å². The molecule has 2 amide bonds. The number of rotatable bonds is 12. The zero-order valence-corrected chi connectivity index (χ0v) is 25.4. The van der Waals surface area contributed by atoms with E-state index in [4.69, 9.17) is 4.74 Å². The number of ether oxygens (including phenoxy) is 1. The molecule has 1 aliphatic carbocycles. The summed E-state index contributed by atoms with van der Waals surface area (Å²) in [5, 5.41) is 0. The van der Waals surface area contributed by atoms with Crippen molar-refractivity contribution >= 4 is 11.8 Å². The van der Waals surface area contributed by atoms with E-state index in [1.54, 1.807) is 12.0 Å². The normalized spacial score (nSPS) is 14.1. The van der Waals surface area contributed by atoms with Crippen LogP contribution >= 0.6 is 0 Å². The largest absolute Gasteiger partial charge is 0.385 e. The Bertz CT molecular complexity index is 1240. The molecule has 0 bridgehead atoms. The van der Waals surface area contributed by atoms with Crippen molar-refractivity contribution in [2.45, 2.75) is 83.8 Å². The standard InChI is InChI=1S/C35H47N3O3/c1-35(2,3)30-20-18-29(19-21-30)34(40)37(23-12-24-41-4)27-33(39)38(31-15-9-6-10-16-31)26-32-17-11-22-36(32)25-28-13-7-5-8-14-28/h5,7-8,11,13-14,17-22,31H,6,9-10,12,15-16,23-27H2,1-4H3. The van der Waals surface area contributed by atoms with Crippen molar-refractivity contribution in [3.8, 4) is 0 Å². The SMILES string of the molecule is COCCCN(CC(=O)N(Cc1cccn1Cc1ccccc1)C1CCCCC1)C(=O)c1ccc(C(C)(C)C)cc1. The van der Waals surface area contributed by atoms with Crippen molar-refractivity contribution < 1.29 is 14.3 Å². The molecule has 1 fully saturated rings. The molecule has 220 valence electrons. The van der Waals surface area contributed by atoms with Crippen LogP contribution in [0.25, 0.3) is 0 Å². The summed E-state index contributed by atoms with van der Waals surface area (Å²) in [4.78, 5) is 31.6. The molecule has 0 N–H and O–H groups in total. The molecule has 0 radical (unpaired) electrons. The Hall–Kier alpha value is -3.38. The fraction of sp³-hybridized carbons (Fsp3) is 0.486. The Morgan fingerprint density at radius 2 is 1.63 bits per heavy atom. The summed E-state index contributed by atoms with van der Waals surface area (Å²) in [7, 11) is 1.66. The van der Waals surface area contributed by atoms with Crippen LogP contribution in [0.2, 0.25) is 0 Å². The van der Waals surface area contributed by atoms with Crippen LogP contribution in [-0.2, 0) is 28.0 Å². The molecule has 0 aliphatic heterocycles. The summed E-state index contributed by atoms with van der Waals surface area (Å²) in [6.07, 6.45) is 8.28. The Morgan fingerprint density at radius 1 is 0.927 bits per heavy atom. The van der Waals surface area contributed by atoms with Crippen molar-refractivity contribution in [1.29, 1.82) is 0 Å². The van der Waals surface area contributed by atoms with Crippen LogP contribution in [0, 0.1) is 0 Å². The van der Waals surface area contributed by atoms with Gasteiger partial charge in [-0.1, -0.05) is 82.5 Å². The van der Waals surface area contributed by atoms with Crippen LogP contribution in [0.1, 0.15) is 86.5 Å². The number of carbonyl (C=O) groups is 2. The number of carbonyl (C=O) groups excluding carboxylic acids is 2. The molecule has 0 saturated heterocycles. The lowest BCUT2D eigenvalue weighted by atomic mass is 9.86. The van der Waals surface area contributed by atoms with Gasteiger partial charge in [-0.3, -0.25) is 9.59 Å². The van der Waals surface area contributed by atoms with E-state index in [0.29, 0.717) is 31.7 Å². The van der Waals surface area contributed by atoms with E-state index in [-0.39, 0.29) is 29.8 Å². The van der Waals surface area contributed by atoms with Crippen LogP contribution < -0.4 is 0 Å². The number of nitrogens with zero attached hydrogens (tertiary/aromatic N) is 3. The molecule has 0 spiro atoms. The monoisotopic (exact) mass is 557 g/mol. The maximum Gasteiger partial charge on any atom is 0.254 e. The third-order valence-corrected chi connectivity index (χ3v) is 8.18.